The van der Waals surface area contributed by atoms with Crippen LogP contribution in [0.25, 0.3) is 0 Å². The van der Waals surface area contributed by atoms with Gasteiger partial charge < -0.3 is 10.6 Å². The minimum absolute atomic E-state index is 0.116. The van der Waals surface area contributed by atoms with Crippen LogP contribution < -0.4 is 10.6 Å². The number of hydrogen-bond acceptors (Lipinski definition) is 2. The predicted molar refractivity (Wildman–Crippen MR) is 74.3 cm³/mol. The van der Waals surface area contributed by atoms with Crippen molar-refractivity contribution in [3.63, 3.8) is 0 Å². The van der Waals surface area contributed by atoms with Crippen LogP contribution in [0.2, 0.25) is 0 Å². The molecule has 2 rings (SSSR count). The van der Waals surface area contributed by atoms with Gasteiger partial charge in [-0.3, -0.25) is 0 Å². The summed E-state index contributed by atoms with van der Waals surface area (Å²) in [4.78, 5) is 2.20. The lowest BCUT2D eigenvalue weighted by Crippen LogP contribution is -2.33. The van der Waals surface area contributed by atoms with Gasteiger partial charge in [-0.25, -0.2) is 4.39 Å². The summed E-state index contributed by atoms with van der Waals surface area (Å²) in [5.41, 5.74) is 7.37. The van der Waals surface area contributed by atoms with Crippen LogP contribution in [0.3, 0.4) is 0 Å². The fourth-order valence-electron chi connectivity index (χ4n) is 2.67. The van der Waals surface area contributed by atoms with E-state index in [0.29, 0.717) is 6.04 Å². The third-order valence-electron chi connectivity index (χ3n) is 3.86. The van der Waals surface area contributed by atoms with Gasteiger partial charge in [0.2, 0.25) is 0 Å². The smallest absolute Gasteiger partial charge is 0.146 e. The predicted octanol–water partition coefficient (Wildman–Crippen LogP) is 3.61. The highest BCUT2D eigenvalue weighted by molar-refractivity contribution is 5.50. The van der Waals surface area contributed by atoms with Crippen LogP contribution in [-0.4, -0.2) is 12.6 Å². The maximum atomic E-state index is 14.2. The van der Waals surface area contributed by atoms with E-state index in [2.05, 4.69) is 11.8 Å². The second-order valence-corrected chi connectivity index (χ2v) is 5.39. The van der Waals surface area contributed by atoms with Gasteiger partial charge in [0, 0.05) is 18.6 Å². The Kier molecular flexibility index (Phi) is 4.23. The first-order chi connectivity index (χ1) is 8.59. The standard InChI is InChI=1S/C15H23FN2/c1-11-6-4-3-5-9-18(11)15-8-7-13(12(2)17)10-14(15)16/h7-8,10-12H,3-6,9,17H2,1-2H3. The Balaban J connectivity index is 2.26. The highest BCUT2D eigenvalue weighted by Crippen LogP contribution is 2.28. The van der Waals surface area contributed by atoms with Crippen molar-refractivity contribution in [2.75, 3.05) is 11.4 Å². The molecule has 1 aliphatic heterocycles. The topological polar surface area (TPSA) is 29.3 Å². The molecule has 1 heterocycles. The second kappa shape index (κ2) is 5.70. The van der Waals surface area contributed by atoms with Crippen LogP contribution in [0.4, 0.5) is 10.1 Å². The third-order valence-corrected chi connectivity index (χ3v) is 3.86. The maximum Gasteiger partial charge on any atom is 0.146 e. The van der Waals surface area contributed by atoms with Gasteiger partial charge in [-0.05, 0) is 44.4 Å². The first-order valence-corrected chi connectivity index (χ1v) is 6.91. The average molecular weight is 250 g/mol. The number of halogens is 1. The zero-order valence-corrected chi connectivity index (χ0v) is 11.3. The van der Waals surface area contributed by atoms with Gasteiger partial charge in [0.25, 0.3) is 0 Å². The monoisotopic (exact) mass is 250 g/mol. The Hall–Kier alpha value is -1.09. The van der Waals surface area contributed by atoms with E-state index in [4.69, 9.17) is 5.73 Å². The van der Waals surface area contributed by atoms with Crippen molar-refractivity contribution in [3.05, 3.63) is 29.6 Å². The third kappa shape index (κ3) is 2.83. The number of nitrogens with two attached hydrogens (primary N) is 1. The molecular formula is C15H23FN2. The Bertz CT molecular complexity index is 403. The summed E-state index contributed by atoms with van der Waals surface area (Å²) < 4.78 is 14.2. The SMILES string of the molecule is CC(N)c1ccc(N2CCCCCC2C)c(F)c1. The van der Waals surface area contributed by atoms with Gasteiger partial charge >= 0.3 is 0 Å². The Morgan fingerprint density at radius 2 is 2.11 bits per heavy atom. The van der Waals surface area contributed by atoms with E-state index in [-0.39, 0.29) is 11.9 Å². The number of anilines is 1. The zero-order chi connectivity index (χ0) is 13.1. The van der Waals surface area contributed by atoms with Gasteiger partial charge in [-0.15, -0.1) is 0 Å². The van der Waals surface area contributed by atoms with E-state index < -0.39 is 0 Å². The molecule has 18 heavy (non-hydrogen) atoms. The minimum atomic E-state index is -0.140. The van der Waals surface area contributed by atoms with E-state index in [1.54, 1.807) is 6.07 Å². The van der Waals surface area contributed by atoms with Crippen LogP contribution in [0.1, 0.15) is 51.1 Å². The summed E-state index contributed by atoms with van der Waals surface area (Å²) in [6, 6.07) is 5.71. The second-order valence-electron chi connectivity index (χ2n) is 5.39. The Morgan fingerprint density at radius 3 is 2.78 bits per heavy atom. The lowest BCUT2D eigenvalue weighted by Gasteiger charge is -2.30. The fourth-order valence-corrected chi connectivity index (χ4v) is 2.67. The molecule has 2 nitrogen and oxygen atoms in total. The Morgan fingerprint density at radius 1 is 1.33 bits per heavy atom. The molecular weight excluding hydrogens is 227 g/mol. The lowest BCUT2D eigenvalue weighted by atomic mass is 10.1. The van der Waals surface area contributed by atoms with E-state index in [9.17, 15) is 4.39 Å². The van der Waals surface area contributed by atoms with Crippen molar-refractivity contribution in [3.8, 4) is 0 Å². The van der Waals surface area contributed by atoms with Gasteiger partial charge in [0.15, 0.2) is 0 Å². The van der Waals surface area contributed by atoms with Crippen LogP contribution in [0.5, 0.6) is 0 Å². The highest BCUT2D eigenvalue weighted by atomic mass is 19.1. The van der Waals surface area contributed by atoms with Crippen molar-refractivity contribution in [1.29, 1.82) is 0 Å². The fraction of sp³-hybridized carbons (Fsp3) is 0.600. The summed E-state index contributed by atoms with van der Waals surface area (Å²) in [6.45, 7) is 5.02. The molecule has 0 amide bonds. The van der Waals surface area contributed by atoms with E-state index in [1.807, 2.05) is 19.1 Å². The zero-order valence-electron chi connectivity index (χ0n) is 11.3. The number of rotatable bonds is 2. The van der Waals surface area contributed by atoms with E-state index in [0.717, 1.165) is 30.6 Å². The first-order valence-electron chi connectivity index (χ1n) is 6.91. The van der Waals surface area contributed by atoms with E-state index in [1.165, 1.54) is 12.8 Å². The molecule has 0 saturated carbocycles. The van der Waals surface area contributed by atoms with Crippen LogP contribution in [0, 0.1) is 5.82 Å². The van der Waals surface area contributed by atoms with Crippen LogP contribution in [-0.2, 0) is 0 Å². The summed E-state index contributed by atoms with van der Waals surface area (Å²) in [5, 5.41) is 0. The summed E-state index contributed by atoms with van der Waals surface area (Å²) >= 11 is 0. The maximum absolute atomic E-state index is 14.2. The molecule has 100 valence electrons. The van der Waals surface area contributed by atoms with Gasteiger partial charge in [-0.1, -0.05) is 18.9 Å². The van der Waals surface area contributed by atoms with Crippen molar-refractivity contribution in [2.45, 2.75) is 51.6 Å². The molecule has 0 radical (unpaired) electrons. The number of benzene rings is 1. The number of hydrogen-bond donors (Lipinski definition) is 1. The van der Waals surface area contributed by atoms with Crippen molar-refractivity contribution >= 4 is 5.69 Å². The van der Waals surface area contributed by atoms with Crippen LogP contribution in [0.15, 0.2) is 18.2 Å². The van der Waals surface area contributed by atoms with Crippen molar-refractivity contribution in [2.24, 2.45) is 5.73 Å². The largest absolute Gasteiger partial charge is 0.366 e. The van der Waals surface area contributed by atoms with E-state index >= 15 is 0 Å². The molecule has 2 unspecified atom stereocenters. The molecule has 0 aliphatic carbocycles. The molecule has 2 N–H and O–H groups in total. The molecule has 3 heteroatoms. The molecule has 1 aromatic rings. The highest BCUT2D eigenvalue weighted by Gasteiger charge is 2.20. The summed E-state index contributed by atoms with van der Waals surface area (Å²) in [7, 11) is 0. The van der Waals surface area contributed by atoms with Crippen LogP contribution >= 0.6 is 0 Å². The molecule has 1 fully saturated rings. The quantitative estimate of drug-likeness (QED) is 0.868. The van der Waals surface area contributed by atoms with Gasteiger partial charge in [0.05, 0.1) is 5.69 Å². The van der Waals surface area contributed by atoms with Crippen molar-refractivity contribution < 1.29 is 4.39 Å². The average Bonchev–Trinajstić information content (AvgIpc) is 2.54. The molecule has 1 saturated heterocycles. The summed E-state index contributed by atoms with van der Waals surface area (Å²) in [6.07, 6.45) is 4.80. The Labute approximate surface area is 109 Å². The molecule has 0 bridgehead atoms. The summed E-state index contributed by atoms with van der Waals surface area (Å²) in [5.74, 6) is -0.140. The van der Waals surface area contributed by atoms with Gasteiger partial charge in [-0.2, -0.15) is 0 Å². The normalized spacial score (nSPS) is 22.7. The number of nitrogens with zero attached hydrogens (tertiary/aromatic N) is 1. The molecule has 0 spiro atoms. The molecule has 1 aliphatic rings. The van der Waals surface area contributed by atoms with Gasteiger partial charge in [0.1, 0.15) is 5.82 Å². The van der Waals surface area contributed by atoms with Crippen molar-refractivity contribution in [1.82, 2.24) is 0 Å². The first kappa shape index (κ1) is 13.3. The molecule has 0 aromatic heterocycles. The molecule has 1 aromatic carbocycles. The lowest BCUT2D eigenvalue weighted by molar-refractivity contribution is 0.578. The molecule has 2 atom stereocenters. The minimum Gasteiger partial charge on any atom is -0.366 e.